The molecule has 6 heteroatoms. The predicted octanol–water partition coefficient (Wildman–Crippen LogP) is 2.65. The summed E-state index contributed by atoms with van der Waals surface area (Å²) in [5.41, 5.74) is 7.48. The number of nitrogens with zero attached hydrogens (tertiary/aromatic N) is 2. The van der Waals surface area contributed by atoms with Crippen LogP contribution in [0.2, 0.25) is 0 Å². The van der Waals surface area contributed by atoms with Crippen molar-refractivity contribution in [2.75, 3.05) is 13.1 Å². The number of carbonyl (C=O) groups is 2. The van der Waals surface area contributed by atoms with Crippen LogP contribution in [-0.4, -0.2) is 41.8 Å². The summed E-state index contributed by atoms with van der Waals surface area (Å²) < 4.78 is 0. The van der Waals surface area contributed by atoms with Crippen molar-refractivity contribution in [3.05, 3.63) is 71.8 Å². The molecular formula is C23H28N4O2. The summed E-state index contributed by atoms with van der Waals surface area (Å²) in [6, 6.07) is 18.5. The summed E-state index contributed by atoms with van der Waals surface area (Å²) in [6.07, 6.45) is 2.22. The van der Waals surface area contributed by atoms with Crippen LogP contribution in [0.5, 0.6) is 0 Å². The van der Waals surface area contributed by atoms with Crippen LogP contribution >= 0.6 is 0 Å². The molecule has 0 aliphatic carbocycles. The van der Waals surface area contributed by atoms with Gasteiger partial charge in [-0.1, -0.05) is 80.4 Å². The van der Waals surface area contributed by atoms with Gasteiger partial charge in [-0.05, 0) is 17.5 Å². The molecule has 152 valence electrons. The second kappa shape index (κ2) is 9.87. The third-order valence-corrected chi connectivity index (χ3v) is 5.11. The lowest BCUT2D eigenvalue weighted by molar-refractivity contribution is -0.135. The highest BCUT2D eigenvalue weighted by atomic mass is 16.2. The highest BCUT2D eigenvalue weighted by Crippen LogP contribution is 2.28. The second-order valence-corrected chi connectivity index (χ2v) is 7.16. The Hall–Kier alpha value is -3.15. The van der Waals surface area contributed by atoms with E-state index in [0.29, 0.717) is 25.5 Å². The van der Waals surface area contributed by atoms with E-state index < -0.39 is 17.9 Å². The smallest absolute Gasteiger partial charge is 0.242 e. The summed E-state index contributed by atoms with van der Waals surface area (Å²) in [5.74, 6) is -0.823. The molecule has 0 saturated heterocycles. The lowest BCUT2D eigenvalue weighted by Crippen LogP contribution is -2.55. The maximum Gasteiger partial charge on any atom is 0.242 e. The Labute approximate surface area is 171 Å². The van der Waals surface area contributed by atoms with Gasteiger partial charge in [0.25, 0.3) is 0 Å². The maximum atomic E-state index is 13.9. The first-order chi connectivity index (χ1) is 14.1. The molecule has 2 aromatic carbocycles. The van der Waals surface area contributed by atoms with E-state index in [-0.39, 0.29) is 5.91 Å². The zero-order valence-electron chi connectivity index (χ0n) is 16.8. The number of hydrogen-bond acceptors (Lipinski definition) is 4. The van der Waals surface area contributed by atoms with E-state index in [2.05, 4.69) is 10.3 Å². The van der Waals surface area contributed by atoms with Crippen molar-refractivity contribution in [1.82, 2.24) is 10.2 Å². The zero-order valence-corrected chi connectivity index (χ0v) is 16.8. The average molecular weight is 393 g/mol. The highest BCUT2D eigenvalue weighted by Gasteiger charge is 2.37. The van der Waals surface area contributed by atoms with E-state index >= 15 is 0 Å². The Kier molecular flexibility index (Phi) is 7.00. The molecular weight excluding hydrogens is 364 g/mol. The molecule has 3 N–H and O–H groups in total. The summed E-state index contributed by atoms with van der Waals surface area (Å²) in [7, 11) is 0. The van der Waals surface area contributed by atoms with Gasteiger partial charge in [-0.2, -0.15) is 0 Å². The molecule has 29 heavy (non-hydrogen) atoms. The molecule has 1 unspecified atom stereocenters. The van der Waals surface area contributed by atoms with Crippen molar-refractivity contribution in [2.45, 2.75) is 38.1 Å². The van der Waals surface area contributed by atoms with Gasteiger partial charge in [0.15, 0.2) is 0 Å². The van der Waals surface area contributed by atoms with Crippen LogP contribution in [0.3, 0.4) is 0 Å². The van der Waals surface area contributed by atoms with E-state index in [4.69, 9.17) is 5.73 Å². The predicted molar refractivity (Wildman–Crippen MR) is 114 cm³/mol. The molecule has 2 aromatic rings. The Balaban J connectivity index is 2.06. The van der Waals surface area contributed by atoms with Crippen molar-refractivity contribution in [3.63, 3.8) is 0 Å². The normalized spacial score (nSPS) is 14.2. The van der Waals surface area contributed by atoms with Crippen molar-refractivity contribution in [3.8, 4) is 0 Å². The molecule has 0 aromatic heterocycles. The number of unbranched alkanes of at least 4 members (excludes halogenated alkanes) is 1. The van der Waals surface area contributed by atoms with Crippen molar-refractivity contribution in [2.24, 2.45) is 10.7 Å². The van der Waals surface area contributed by atoms with Crippen molar-refractivity contribution < 1.29 is 9.59 Å². The van der Waals surface area contributed by atoms with Crippen LogP contribution < -0.4 is 11.1 Å². The quantitative estimate of drug-likeness (QED) is 0.724. The highest BCUT2D eigenvalue weighted by molar-refractivity contribution is 6.05. The molecule has 3 rings (SSSR count). The minimum atomic E-state index is -0.735. The molecule has 6 nitrogen and oxygen atoms in total. The number of rotatable bonds is 8. The SMILES string of the molecule is CCCCC(C(N)=O)N(C(=O)C(c1ccccc1)c1ccccc1)C1=NCCN1. The Morgan fingerprint density at radius 3 is 2.10 bits per heavy atom. The third kappa shape index (κ3) is 4.83. The number of hydrogen-bond donors (Lipinski definition) is 2. The summed E-state index contributed by atoms with van der Waals surface area (Å²) in [5, 5.41) is 3.15. The molecule has 1 aliphatic heterocycles. The number of nitrogens with two attached hydrogens (primary N) is 1. The van der Waals surface area contributed by atoms with Crippen LogP contribution in [0, 0.1) is 0 Å². The van der Waals surface area contributed by atoms with Crippen LogP contribution in [0.4, 0.5) is 0 Å². The zero-order chi connectivity index (χ0) is 20.6. The minimum absolute atomic E-state index is 0.199. The van der Waals surface area contributed by atoms with Crippen molar-refractivity contribution in [1.29, 1.82) is 0 Å². The van der Waals surface area contributed by atoms with E-state index in [1.165, 1.54) is 4.90 Å². The molecule has 1 heterocycles. The minimum Gasteiger partial charge on any atom is -0.368 e. The fourth-order valence-electron chi connectivity index (χ4n) is 3.66. The Bertz CT molecular complexity index is 812. The number of carbonyl (C=O) groups excluding carboxylic acids is 2. The van der Waals surface area contributed by atoms with Gasteiger partial charge >= 0.3 is 0 Å². The maximum absolute atomic E-state index is 13.9. The molecule has 1 aliphatic rings. The van der Waals surface area contributed by atoms with E-state index in [1.807, 2.05) is 67.6 Å². The van der Waals surface area contributed by atoms with Gasteiger partial charge < -0.3 is 11.1 Å². The van der Waals surface area contributed by atoms with Gasteiger partial charge in [0, 0.05) is 6.54 Å². The molecule has 1 atom stereocenters. The van der Waals surface area contributed by atoms with Crippen LogP contribution in [0.25, 0.3) is 0 Å². The van der Waals surface area contributed by atoms with Gasteiger partial charge in [0.2, 0.25) is 17.8 Å². The lowest BCUT2D eigenvalue weighted by Gasteiger charge is -2.33. The van der Waals surface area contributed by atoms with E-state index in [9.17, 15) is 9.59 Å². The molecule has 0 bridgehead atoms. The molecule has 2 amide bonds. The Morgan fingerprint density at radius 1 is 1.07 bits per heavy atom. The number of primary amides is 1. The molecule has 0 saturated carbocycles. The van der Waals surface area contributed by atoms with E-state index in [0.717, 1.165) is 24.0 Å². The van der Waals surface area contributed by atoms with Crippen LogP contribution in [0.1, 0.15) is 43.2 Å². The van der Waals surface area contributed by atoms with Gasteiger partial charge in [-0.25, -0.2) is 0 Å². The number of amides is 2. The molecule has 0 radical (unpaired) electrons. The van der Waals surface area contributed by atoms with Gasteiger partial charge in [0.1, 0.15) is 6.04 Å². The van der Waals surface area contributed by atoms with Crippen LogP contribution in [-0.2, 0) is 9.59 Å². The topological polar surface area (TPSA) is 87.8 Å². The van der Waals surface area contributed by atoms with Gasteiger partial charge in [0.05, 0.1) is 12.5 Å². The number of guanidine groups is 1. The summed E-state index contributed by atoms with van der Waals surface area (Å²) in [6.45, 7) is 3.26. The van der Waals surface area contributed by atoms with Crippen molar-refractivity contribution >= 4 is 17.8 Å². The fraction of sp³-hybridized carbons (Fsp3) is 0.348. The fourth-order valence-corrected chi connectivity index (χ4v) is 3.66. The van der Waals surface area contributed by atoms with Gasteiger partial charge in [-0.15, -0.1) is 0 Å². The number of aliphatic imine (C=N–C) groups is 1. The van der Waals surface area contributed by atoms with E-state index in [1.54, 1.807) is 0 Å². The lowest BCUT2D eigenvalue weighted by atomic mass is 9.89. The first-order valence-electron chi connectivity index (χ1n) is 10.1. The molecule has 0 spiro atoms. The first kappa shape index (κ1) is 20.6. The largest absolute Gasteiger partial charge is 0.368 e. The van der Waals surface area contributed by atoms with Crippen LogP contribution in [0.15, 0.2) is 65.7 Å². The monoisotopic (exact) mass is 392 g/mol. The Morgan fingerprint density at radius 2 is 1.66 bits per heavy atom. The average Bonchev–Trinajstić information content (AvgIpc) is 3.27. The summed E-state index contributed by atoms with van der Waals surface area (Å²) >= 11 is 0. The number of benzene rings is 2. The number of nitrogens with one attached hydrogen (secondary N) is 1. The summed E-state index contributed by atoms with van der Waals surface area (Å²) in [4.78, 5) is 32.2. The molecule has 0 fully saturated rings. The third-order valence-electron chi connectivity index (χ3n) is 5.11. The standard InChI is InChI=1S/C23H28N4O2/c1-2-3-14-19(21(24)28)27(23-25-15-16-26-23)22(29)20(17-10-6-4-7-11-17)18-12-8-5-9-13-18/h4-13,19-20H,2-3,14-16H2,1H3,(H2,24,28)(H,25,26). The van der Waals surface area contributed by atoms with Gasteiger partial charge in [-0.3, -0.25) is 19.5 Å². The first-order valence-corrected chi connectivity index (χ1v) is 10.1. The second-order valence-electron chi connectivity index (χ2n) is 7.16.